The van der Waals surface area contributed by atoms with E-state index in [1.165, 1.54) is 23.2 Å². The molecule has 0 aliphatic heterocycles. The quantitative estimate of drug-likeness (QED) is 0.927. The topological polar surface area (TPSA) is 47.0 Å². The second-order valence-corrected chi connectivity index (χ2v) is 5.04. The van der Waals surface area contributed by atoms with Crippen molar-refractivity contribution in [1.82, 2.24) is 9.97 Å². The number of methoxy groups -OCH3 is 1. The van der Waals surface area contributed by atoms with Crippen LogP contribution < -0.4 is 10.1 Å². The summed E-state index contributed by atoms with van der Waals surface area (Å²) in [6.45, 7) is 0. The van der Waals surface area contributed by atoms with E-state index in [2.05, 4.69) is 22.4 Å². The maximum absolute atomic E-state index is 5.18. The minimum Gasteiger partial charge on any atom is -0.497 e. The van der Waals surface area contributed by atoms with Crippen LogP contribution in [-0.4, -0.2) is 24.1 Å². The number of fused-ring (bicyclic) bond motifs is 1. The van der Waals surface area contributed by atoms with E-state index in [9.17, 15) is 0 Å². The Morgan fingerprint density at radius 3 is 2.65 bits per heavy atom. The molecular weight excluding hydrogens is 250 g/mol. The molecule has 0 atom stereocenters. The van der Waals surface area contributed by atoms with E-state index < -0.39 is 0 Å². The molecule has 4 heteroatoms. The average Bonchev–Trinajstić information content (AvgIpc) is 2.95. The monoisotopic (exact) mass is 269 g/mol. The van der Waals surface area contributed by atoms with Gasteiger partial charge in [-0.05, 0) is 37.0 Å². The Hall–Kier alpha value is -2.10. The van der Waals surface area contributed by atoms with Crippen LogP contribution in [-0.2, 0) is 19.3 Å². The van der Waals surface area contributed by atoms with Crippen molar-refractivity contribution in [2.75, 3.05) is 19.5 Å². The number of ether oxygens (including phenoxy) is 1. The van der Waals surface area contributed by atoms with Crippen LogP contribution in [0, 0.1) is 0 Å². The first kappa shape index (κ1) is 12.9. The number of benzene rings is 1. The summed E-state index contributed by atoms with van der Waals surface area (Å²) < 4.78 is 5.18. The molecule has 0 amide bonds. The van der Waals surface area contributed by atoms with Crippen LogP contribution in [0.2, 0.25) is 0 Å². The first-order valence-corrected chi connectivity index (χ1v) is 6.99. The Balaban J connectivity index is 1.86. The van der Waals surface area contributed by atoms with Crippen LogP contribution in [0.1, 0.15) is 29.1 Å². The highest BCUT2D eigenvalue weighted by atomic mass is 16.5. The van der Waals surface area contributed by atoms with Crippen molar-refractivity contribution >= 4 is 5.82 Å². The standard InChI is InChI=1S/C16H19N3O/c1-17-16-13-4-3-5-14(13)18-15(19-16)10-11-6-8-12(20-2)9-7-11/h6-9H,3-5,10H2,1-2H3,(H,17,18,19). The van der Waals surface area contributed by atoms with Crippen LogP contribution >= 0.6 is 0 Å². The molecular formula is C16H19N3O. The van der Waals surface area contributed by atoms with Crippen LogP contribution in [0.15, 0.2) is 24.3 Å². The number of anilines is 1. The highest BCUT2D eigenvalue weighted by Crippen LogP contribution is 2.26. The van der Waals surface area contributed by atoms with Gasteiger partial charge in [-0.3, -0.25) is 0 Å². The van der Waals surface area contributed by atoms with Gasteiger partial charge in [0.1, 0.15) is 17.4 Å². The van der Waals surface area contributed by atoms with Crippen molar-refractivity contribution in [2.45, 2.75) is 25.7 Å². The summed E-state index contributed by atoms with van der Waals surface area (Å²) in [4.78, 5) is 9.36. The third-order valence-corrected chi connectivity index (χ3v) is 3.74. The van der Waals surface area contributed by atoms with E-state index in [4.69, 9.17) is 9.72 Å². The van der Waals surface area contributed by atoms with Gasteiger partial charge in [-0.25, -0.2) is 9.97 Å². The van der Waals surface area contributed by atoms with Crippen LogP contribution in [0.25, 0.3) is 0 Å². The van der Waals surface area contributed by atoms with Gasteiger partial charge in [0.2, 0.25) is 0 Å². The van der Waals surface area contributed by atoms with Gasteiger partial charge in [0.25, 0.3) is 0 Å². The van der Waals surface area contributed by atoms with Crippen LogP contribution in [0.3, 0.4) is 0 Å². The summed E-state index contributed by atoms with van der Waals surface area (Å²) in [7, 11) is 3.61. The van der Waals surface area contributed by atoms with Gasteiger partial charge in [-0.2, -0.15) is 0 Å². The maximum atomic E-state index is 5.18. The van der Waals surface area contributed by atoms with Gasteiger partial charge < -0.3 is 10.1 Å². The van der Waals surface area contributed by atoms with Crippen molar-refractivity contribution in [3.05, 3.63) is 46.9 Å². The van der Waals surface area contributed by atoms with Crippen LogP contribution in [0.4, 0.5) is 5.82 Å². The summed E-state index contributed by atoms with van der Waals surface area (Å²) in [5.74, 6) is 2.76. The van der Waals surface area contributed by atoms with Gasteiger partial charge in [-0.1, -0.05) is 12.1 Å². The smallest absolute Gasteiger partial charge is 0.135 e. The molecule has 1 N–H and O–H groups in total. The molecule has 1 aliphatic rings. The van der Waals surface area contributed by atoms with Gasteiger partial charge in [0, 0.05) is 24.7 Å². The molecule has 2 aromatic rings. The molecule has 0 spiro atoms. The predicted molar refractivity (Wildman–Crippen MR) is 79.4 cm³/mol. The fourth-order valence-electron chi connectivity index (χ4n) is 2.70. The van der Waals surface area contributed by atoms with Gasteiger partial charge in [-0.15, -0.1) is 0 Å². The molecule has 0 saturated carbocycles. The van der Waals surface area contributed by atoms with E-state index in [0.29, 0.717) is 0 Å². The predicted octanol–water partition coefficient (Wildman–Crippen LogP) is 2.61. The Bertz CT molecular complexity index is 608. The summed E-state index contributed by atoms with van der Waals surface area (Å²) in [6.07, 6.45) is 4.10. The summed E-state index contributed by atoms with van der Waals surface area (Å²) in [5.41, 5.74) is 3.71. The number of nitrogens with one attached hydrogen (secondary N) is 1. The van der Waals surface area contributed by atoms with E-state index in [1.807, 2.05) is 19.2 Å². The molecule has 1 aliphatic carbocycles. The largest absolute Gasteiger partial charge is 0.497 e. The lowest BCUT2D eigenvalue weighted by Gasteiger charge is -2.09. The summed E-state index contributed by atoms with van der Waals surface area (Å²) in [5, 5.41) is 3.20. The number of rotatable bonds is 4. The molecule has 0 saturated heterocycles. The van der Waals surface area contributed by atoms with E-state index in [1.54, 1.807) is 7.11 Å². The molecule has 4 nitrogen and oxygen atoms in total. The van der Waals surface area contributed by atoms with Crippen molar-refractivity contribution in [1.29, 1.82) is 0 Å². The zero-order valence-electron chi connectivity index (χ0n) is 11.9. The molecule has 1 aromatic carbocycles. The fourth-order valence-corrected chi connectivity index (χ4v) is 2.70. The molecule has 1 heterocycles. The summed E-state index contributed by atoms with van der Waals surface area (Å²) >= 11 is 0. The fraction of sp³-hybridized carbons (Fsp3) is 0.375. The Kier molecular flexibility index (Phi) is 3.54. The Morgan fingerprint density at radius 1 is 1.15 bits per heavy atom. The molecule has 104 valence electrons. The maximum Gasteiger partial charge on any atom is 0.135 e. The van der Waals surface area contributed by atoms with E-state index in [0.717, 1.165) is 36.7 Å². The molecule has 20 heavy (non-hydrogen) atoms. The Morgan fingerprint density at radius 2 is 1.95 bits per heavy atom. The molecule has 0 radical (unpaired) electrons. The van der Waals surface area contributed by atoms with E-state index in [-0.39, 0.29) is 0 Å². The normalized spacial score (nSPS) is 13.1. The molecule has 0 unspecified atom stereocenters. The first-order chi connectivity index (χ1) is 9.80. The zero-order chi connectivity index (χ0) is 13.9. The number of nitrogens with zero attached hydrogens (tertiary/aromatic N) is 2. The van der Waals surface area contributed by atoms with Crippen molar-refractivity contribution < 1.29 is 4.74 Å². The Labute approximate surface area is 119 Å². The summed E-state index contributed by atoms with van der Waals surface area (Å²) in [6, 6.07) is 8.08. The highest BCUT2D eigenvalue weighted by molar-refractivity contribution is 5.48. The molecule has 0 fully saturated rings. The van der Waals surface area contributed by atoms with Gasteiger partial charge in [0.15, 0.2) is 0 Å². The van der Waals surface area contributed by atoms with Crippen molar-refractivity contribution in [3.63, 3.8) is 0 Å². The number of hydrogen-bond acceptors (Lipinski definition) is 4. The third-order valence-electron chi connectivity index (χ3n) is 3.74. The minimum atomic E-state index is 0.756. The average molecular weight is 269 g/mol. The number of aryl methyl sites for hydroxylation is 1. The minimum absolute atomic E-state index is 0.756. The lowest BCUT2D eigenvalue weighted by Crippen LogP contribution is -2.06. The van der Waals surface area contributed by atoms with E-state index >= 15 is 0 Å². The molecule has 3 rings (SSSR count). The molecule has 0 bridgehead atoms. The first-order valence-electron chi connectivity index (χ1n) is 6.99. The zero-order valence-corrected chi connectivity index (χ0v) is 11.9. The van der Waals surface area contributed by atoms with Gasteiger partial charge in [0.05, 0.1) is 7.11 Å². The number of aromatic nitrogens is 2. The van der Waals surface area contributed by atoms with Gasteiger partial charge >= 0.3 is 0 Å². The van der Waals surface area contributed by atoms with Crippen molar-refractivity contribution in [2.24, 2.45) is 0 Å². The SMILES string of the molecule is CNc1nc(Cc2ccc(OC)cc2)nc2c1CCC2. The molecule has 1 aromatic heterocycles. The second-order valence-electron chi connectivity index (χ2n) is 5.04. The highest BCUT2D eigenvalue weighted by Gasteiger charge is 2.18. The second kappa shape index (κ2) is 5.49. The third kappa shape index (κ3) is 2.46. The van der Waals surface area contributed by atoms with Crippen molar-refractivity contribution in [3.8, 4) is 5.75 Å². The van der Waals surface area contributed by atoms with Crippen LogP contribution in [0.5, 0.6) is 5.75 Å². The number of hydrogen-bond donors (Lipinski definition) is 1. The lowest BCUT2D eigenvalue weighted by molar-refractivity contribution is 0.414. The lowest BCUT2D eigenvalue weighted by atomic mass is 10.1.